The van der Waals surface area contributed by atoms with Gasteiger partial charge in [-0.1, -0.05) is 0 Å². The molecule has 0 fully saturated rings. The van der Waals surface area contributed by atoms with Crippen LogP contribution in [0.2, 0.25) is 0 Å². The lowest BCUT2D eigenvalue weighted by atomic mass is 10.3. The highest BCUT2D eigenvalue weighted by Gasteiger charge is 1.79. The quantitative estimate of drug-likeness (QED) is 0.502. The van der Waals surface area contributed by atoms with E-state index in [2.05, 4.69) is 0 Å². The van der Waals surface area contributed by atoms with Crippen molar-refractivity contribution in [2.75, 3.05) is 0 Å². The van der Waals surface area contributed by atoms with Gasteiger partial charge in [-0.25, -0.2) is 0 Å². The SMILES string of the molecule is O[CH]CC[CH]O. The summed E-state index contributed by atoms with van der Waals surface area (Å²) in [5, 5.41) is 15.9. The van der Waals surface area contributed by atoms with Crippen LogP contribution in [0.4, 0.5) is 0 Å². The first-order valence-corrected chi connectivity index (χ1v) is 1.83. The van der Waals surface area contributed by atoms with Crippen LogP contribution >= 0.6 is 0 Å². The Hall–Kier alpha value is -0.0800. The molecule has 0 saturated carbocycles. The maximum Gasteiger partial charge on any atom is 0.0800 e. The summed E-state index contributed by atoms with van der Waals surface area (Å²) < 4.78 is 0. The maximum atomic E-state index is 7.94. The Morgan fingerprint density at radius 1 is 1.00 bits per heavy atom. The van der Waals surface area contributed by atoms with Crippen LogP contribution in [-0.2, 0) is 0 Å². The molecule has 6 heavy (non-hydrogen) atoms. The first-order chi connectivity index (χ1) is 2.91. The third kappa shape index (κ3) is 3.92. The third-order valence-electron chi connectivity index (χ3n) is 0.425. The predicted molar refractivity (Wildman–Crippen MR) is 21.7 cm³/mol. The molecule has 2 nitrogen and oxygen atoms in total. The zero-order chi connectivity index (χ0) is 4.83. The van der Waals surface area contributed by atoms with Crippen LogP contribution in [0.1, 0.15) is 12.8 Å². The first-order valence-electron chi connectivity index (χ1n) is 1.83. The van der Waals surface area contributed by atoms with E-state index in [1.807, 2.05) is 0 Å². The maximum absolute atomic E-state index is 7.94. The van der Waals surface area contributed by atoms with Crippen LogP contribution in [-0.4, -0.2) is 10.2 Å². The van der Waals surface area contributed by atoms with Gasteiger partial charge in [0, 0.05) is 0 Å². The zero-order valence-electron chi connectivity index (χ0n) is 3.46. The second-order valence-electron chi connectivity index (χ2n) is 0.942. The Morgan fingerprint density at radius 3 is 1.50 bits per heavy atom. The first kappa shape index (κ1) is 5.92. The summed E-state index contributed by atoms with van der Waals surface area (Å²) in [4.78, 5) is 0. The van der Waals surface area contributed by atoms with Crippen molar-refractivity contribution in [1.29, 1.82) is 0 Å². The molecule has 2 heteroatoms. The van der Waals surface area contributed by atoms with Gasteiger partial charge in [0.15, 0.2) is 0 Å². The van der Waals surface area contributed by atoms with E-state index >= 15 is 0 Å². The monoisotopic (exact) mass is 88.1 g/mol. The van der Waals surface area contributed by atoms with Gasteiger partial charge in [0.05, 0.1) is 13.2 Å². The normalized spacial score (nSPS) is 9.00. The molecule has 2 radical (unpaired) electrons. The summed E-state index contributed by atoms with van der Waals surface area (Å²) in [6.45, 7) is 2.04. The topological polar surface area (TPSA) is 40.5 Å². The summed E-state index contributed by atoms with van der Waals surface area (Å²) >= 11 is 0. The highest BCUT2D eigenvalue weighted by Crippen LogP contribution is 1.89. The molecule has 2 N–H and O–H groups in total. The number of hydrogen-bond donors (Lipinski definition) is 2. The lowest BCUT2D eigenvalue weighted by Crippen LogP contribution is -1.74. The molecule has 0 aliphatic heterocycles. The van der Waals surface area contributed by atoms with E-state index in [4.69, 9.17) is 10.2 Å². The van der Waals surface area contributed by atoms with E-state index in [-0.39, 0.29) is 0 Å². The summed E-state index contributed by atoms with van der Waals surface area (Å²) in [5.41, 5.74) is 0. The Labute approximate surface area is 37.4 Å². The van der Waals surface area contributed by atoms with Crippen molar-refractivity contribution in [3.05, 3.63) is 13.2 Å². The molecule has 0 amide bonds. The lowest BCUT2D eigenvalue weighted by Gasteiger charge is -1.84. The number of aliphatic hydroxyl groups is 2. The standard InChI is InChI=1S/C4H8O2/c5-3-1-2-4-6/h3-6H,1-2H2. The van der Waals surface area contributed by atoms with E-state index in [1.165, 1.54) is 0 Å². The molecule has 0 atom stereocenters. The summed E-state index contributed by atoms with van der Waals surface area (Å²) in [6.07, 6.45) is 1.08. The molecule has 0 aromatic carbocycles. The molecule has 0 unspecified atom stereocenters. The van der Waals surface area contributed by atoms with Gasteiger partial charge < -0.3 is 10.2 Å². The highest BCUT2D eigenvalue weighted by atomic mass is 16.3. The van der Waals surface area contributed by atoms with Crippen LogP contribution in [0.3, 0.4) is 0 Å². The van der Waals surface area contributed by atoms with Crippen molar-refractivity contribution in [3.63, 3.8) is 0 Å². The third-order valence-corrected chi connectivity index (χ3v) is 0.425. The minimum atomic E-state index is 0.538. The van der Waals surface area contributed by atoms with Crippen LogP contribution in [0.15, 0.2) is 0 Å². The van der Waals surface area contributed by atoms with E-state index in [0.717, 1.165) is 13.2 Å². The smallest absolute Gasteiger partial charge is 0.0800 e. The molecule has 0 aliphatic carbocycles. The fourth-order valence-electron chi connectivity index (χ4n) is 0.149. The average molecular weight is 88.1 g/mol. The van der Waals surface area contributed by atoms with Crippen LogP contribution in [0, 0.1) is 13.2 Å². The number of aliphatic hydroxyl groups excluding tert-OH is 2. The van der Waals surface area contributed by atoms with Gasteiger partial charge in [0.25, 0.3) is 0 Å². The van der Waals surface area contributed by atoms with Crippen LogP contribution < -0.4 is 0 Å². The largest absolute Gasteiger partial charge is 0.390 e. The van der Waals surface area contributed by atoms with E-state index in [0.29, 0.717) is 12.8 Å². The van der Waals surface area contributed by atoms with Crippen LogP contribution in [0.25, 0.3) is 0 Å². The molecule has 0 rings (SSSR count). The Balaban J connectivity index is 2.34. The zero-order valence-corrected chi connectivity index (χ0v) is 3.46. The molecular formula is C4H8O2. The molecule has 0 aromatic heterocycles. The van der Waals surface area contributed by atoms with Gasteiger partial charge in [-0.2, -0.15) is 0 Å². The summed E-state index contributed by atoms with van der Waals surface area (Å²) in [7, 11) is 0. The van der Waals surface area contributed by atoms with Gasteiger partial charge in [-0.15, -0.1) is 0 Å². The molecule has 0 saturated heterocycles. The highest BCUT2D eigenvalue weighted by molar-refractivity contribution is 4.51. The predicted octanol–water partition coefficient (Wildman–Crippen LogP) is 0.835. The average Bonchev–Trinajstić information content (AvgIpc) is 1.61. The Bertz CT molecular complexity index is 17.5. The van der Waals surface area contributed by atoms with E-state index in [9.17, 15) is 0 Å². The Kier molecular flexibility index (Phi) is 4.85. The lowest BCUT2D eigenvalue weighted by molar-refractivity contribution is 0.336. The van der Waals surface area contributed by atoms with Crippen molar-refractivity contribution in [1.82, 2.24) is 0 Å². The second kappa shape index (κ2) is 4.92. The minimum Gasteiger partial charge on any atom is -0.390 e. The molecule has 0 aromatic rings. The van der Waals surface area contributed by atoms with Crippen LogP contribution in [0.5, 0.6) is 0 Å². The summed E-state index contributed by atoms with van der Waals surface area (Å²) in [6, 6.07) is 0. The second-order valence-corrected chi connectivity index (χ2v) is 0.942. The van der Waals surface area contributed by atoms with E-state index in [1.54, 1.807) is 0 Å². The van der Waals surface area contributed by atoms with Gasteiger partial charge in [-0.05, 0) is 12.8 Å². The van der Waals surface area contributed by atoms with Gasteiger partial charge in [0.2, 0.25) is 0 Å². The fourth-order valence-corrected chi connectivity index (χ4v) is 0.149. The van der Waals surface area contributed by atoms with Gasteiger partial charge >= 0.3 is 0 Å². The van der Waals surface area contributed by atoms with Crippen molar-refractivity contribution < 1.29 is 10.2 Å². The fraction of sp³-hybridized carbons (Fsp3) is 0.500. The molecule has 0 heterocycles. The van der Waals surface area contributed by atoms with E-state index < -0.39 is 0 Å². The van der Waals surface area contributed by atoms with Crippen molar-refractivity contribution in [3.8, 4) is 0 Å². The summed E-state index contributed by atoms with van der Waals surface area (Å²) in [5.74, 6) is 0. The van der Waals surface area contributed by atoms with Crippen molar-refractivity contribution in [2.45, 2.75) is 12.8 Å². The van der Waals surface area contributed by atoms with Gasteiger partial charge in [0.1, 0.15) is 0 Å². The number of rotatable bonds is 3. The minimum absolute atomic E-state index is 0.538. The molecule has 36 valence electrons. The van der Waals surface area contributed by atoms with Crippen molar-refractivity contribution in [2.24, 2.45) is 0 Å². The van der Waals surface area contributed by atoms with Crippen molar-refractivity contribution >= 4 is 0 Å². The van der Waals surface area contributed by atoms with Gasteiger partial charge in [-0.3, -0.25) is 0 Å². The molecular weight excluding hydrogens is 80.0 g/mol. The molecule has 0 aliphatic rings. The number of unbranched alkanes of at least 4 members (excludes halogenated alkanes) is 1. The molecule has 0 spiro atoms. The Morgan fingerprint density at radius 2 is 1.33 bits per heavy atom. The molecule has 0 bridgehead atoms. The number of hydrogen-bond acceptors (Lipinski definition) is 2.